The van der Waals surface area contributed by atoms with Crippen molar-refractivity contribution in [2.45, 2.75) is 337 Å². The summed E-state index contributed by atoms with van der Waals surface area (Å²) in [5, 5.41) is 7.51. The van der Waals surface area contributed by atoms with E-state index in [1.165, 1.54) is 34.6 Å². The molecule has 4 aromatic rings. The maximum Gasteiger partial charge on any atom is 0.335 e. The summed E-state index contributed by atoms with van der Waals surface area (Å²) in [4.78, 5) is 76.5. The van der Waals surface area contributed by atoms with Crippen LogP contribution in [0.4, 0.5) is 0 Å². The molecule has 0 N–H and O–H groups in total. The Labute approximate surface area is 656 Å². The first-order chi connectivity index (χ1) is 47.0. The van der Waals surface area contributed by atoms with Gasteiger partial charge in [0, 0.05) is 48.4 Å². The summed E-state index contributed by atoms with van der Waals surface area (Å²) >= 11 is 0. The van der Waals surface area contributed by atoms with E-state index in [0.29, 0.717) is 17.0 Å². The fraction of sp³-hybridized carbons (Fsp3) is 0.602. The van der Waals surface area contributed by atoms with Gasteiger partial charge in [0.05, 0.1) is 25.0 Å². The van der Waals surface area contributed by atoms with Gasteiger partial charge in [-0.15, -0.1) is 0 Å². The first-order valence-electron chi connectivity index (χ1n) is 36.6. The normalized spacial score (nSPS) is 18.1. The zero-order chi connectivity index (χ0) is 80.8. The van der Waals surface area contributed by atoms with E-state index in [9.17, 15) is 33.6 Å². The second-order valence-corrected chi connectivity index (χ2v) is 37.3. The van der Waals surface area contributed by atoms with Crippen LogP contribution in [0.2, 0.25) is 0 Å². The van der Waals surface area contributed by atoms with Crippen molar-refractivity contribution in [2.24, 2.45) is 32.5 Å². The van der Waals surface area contributed by atoms with Crippen molar-refractivity contribution >= 4 is 35.4 Å². The van der Waals surface area contributed by atoms with Crippen LogP contribution >= 0.6 is 0 Å². The molecule has 0 fully saturated rings. The first kappa shape index (κ1) is 107. The van der Waals surface area contributed by atoms with Gasteiger partial charge in [0.15, 0.2) is 11.6 Å². The number of esters is 4. The number of hydrogen-bond donors (Lipinski definition) is 0. The lowest BCUT2D eigenvalue weighted by Crippen LogP contribution is -2.17. The Morgan fingerprint density at radius 2 is 0.778 bits per heavy atom. The van der Waals surface area contributed by atoms with Crippen LogP contribution in [0.5, 0.6) is 0 Å². The molecule has 15 nitrogen and oxygen atoms in total. The van der Waals surface area contributed by atoms with Crippen molar-refractivity contribution in [1.82, 2.24) is 10.2 Å². The van der Waals surface area contributed by atoms with Gasteiger partial charge in [0.25, 0.3) is 0 Å². The largest absolute Gasteiger partial charge is 0.472 e. The average molecular weight is 1500 g/mol. The Hall–Kier alpha value is -7.81. The Balaban J connectivity index is -0.000000554. The number of carbonyl (C=O) groups is 6. The molecule has 4 aliphatic heterocycles. The van der Waals surface area contributed by atoms with Crippen LogP contribution in [0, 0.1) is 32.5 Å². The standard InChI is InChI=1S/C10H14.4C9H14O2.C9H12O2.2C9H14O.C8H12N2.C8H12O.4CH4/c1-10(2,3)9-7-5-4-6-8-9;2*1-6-7(9(2,3)4)5-8(10)11-6;2*1-6-5-7(8(10)11-6)9(2,3)4;1-9(2,3)7-4-5-8(10)11-6-7;1-9(2,3)7-4-5-8(10)6-7;1-9(2,3)7-5-4-6-8(7)10;1-8(2,3)7-4-5-9-10-6-7;1-8(2,3)7-4-5-9-6-7;;;;/h4-8H,1-3H3;4*5-6H,1-4H3;4-6H,1-3H3;6H,4-5H2,1-3H3;5H,4,6H2,1-3H3;4-6H,1-3H3;4-6H,1-3H3;4*1H4/t;4*6-;;;;;;;;;/m.1010........./s1. The fourth-order valence-corrected chi connectivity index (χ4v) is 10.6. The monoisotopic (exact) mass is 1500 g/mol. The quantitative estimate of drug-likeness (QED) is 0.118. The van der Waals surface area contributed by atoms with Crippen LogP contribution < -0.4 is 5.63 Å². The number of carbonyl (C=O) groups excluding carboxylic acids is 6. The predicted molar refractivity (Wildman–Crippen MR) is 450 cm³/mol. The maximum atomic E-state index is 11.2. The Bertz CT molecular complexity index is 3500. The zero-order valence-electron chi connectivity index (χ0n) is 70.4. The Morgan fingerprint density at radius 1 is 0.370 bits per heavy atom. The summed E-state index contributed by atoms with van der Waals surface area (Å²) in [6, 6.07) is 17.8. The number of furan rings is 1. The van der Waals surface area contributed by atoms with Gasteiger partial charge in [0.2, 0.25) is 0 Å². The van der Waals surface area contributed by atoms with E-state index in [0.717, 1.165) is 59.1 Å². The first-order valence-corrected chi connectivity index (χ1v) is 36.6. The van der Waals surface area contributed by atoms with E-state index in [1.807, 2.05) is 93.5 Å². The van der Waals surface area contributed by atoms with Crippen molar-refractivity contribution in [3.8, 4) is 0 Å². The number of ketones is 2. The lowest BCUT2D eigenvalue weighted by Gasteiger charge is -2.22. The second-order valence-electron chi connectivity index (χ2n) is 37.3. The molecular formula is C93H150N2O13. The molecule has 6 aliphatic rings. The van der Waals surface area contributed by atoms with E-state index in [4.69, 9.17) is 27.8 Å². The zero-order valence-corrected chi connectivity index (χ0v) is 70.4. The Morgan fingerprint density at radius 3 is 0.963 bits per heavy atom. The van der Waals surface area contributed by atoms with E-state index in [-0.39, 0.29) is 132 Å². The Kier molecular flexibility index (Phi) is 43.5. The molecule has 3 aromatic heterocycles. The van der Waals surface area contributed by atoms with Gasteiger partial charge >= 0.3 is 29.5 Å². The van der Waals surface area contributed by atoms with Gasteiger partial charge < -0.3 is 27.8 Å². The number of benzene rings is 1. The average Bonchev–Trinajstić information content (AvgIpc) is 1.81. The van der Waals surface area contributed by atoms with Crippen LogP contribution in [-0.4, -0.2) is 70.1 Å². The third-order valence-corrected chi connectivity index (χ3v) is 17.0. The third kappa shape index (κ3) is 40.0. The number of allylic oxidation sites excluding steroid dienone is 4. The summed E-state index contributed by atoms with van der Waals surface area (Å²) in [6.07, 6.45) is 22.6. The molecule has 0 bridgehead atoms. The molecule has 0 amide bonds. The lowest BCUT2D eigenvalue weighted by molar-refractivity contribution is -0.140. The molecule has 0 saturated carbocycles. The van der Waals surface area contributed by atoms with Gasteiger partial charge in [-0.2, -0.15) is 10.2 Å². The van der Waals surface area contributed by atoms with Crippen LogP contribution in [0.25, 0.3) is 0 Å². The van der Waals surface area contributed by atoms with Crippen molar-refractivity contribution in [1.29, 1.82) is 0 Å². The van der Waals surface area contributed by atoms with Crippen molar-refractivity contribution in [3.05, 3.63) is 188 Å². The van der Waals surface area contributed by atoms with Crippen LogP contribution in [0.1, 0.15) is 313 Å². The highest BCUT2D eigenvalue weighted by Crippen LogP contribution is 2.37. The molecule has 108 heavy (non-hydrogen) atoms. The molecule has 0 spiro atoms. The number of nitrogens with zero attached hydrogens (tertiary/aromatic N) is 2. The lowest BCUT2D eigenvalue weighted by atomic mass is 9.84. The summed E-state index contributed by atoms with van der Waals surface area (Å²) in [6.45, 7) is 70.7. The molecule has 0 unspecified atom stereocenters. The number of aromatic nitrogens is 2. The van der Waals surface area contributed by atoms with Gasteiger partial charge in [-0.25, -0.2) is 24.0 Å². The van der Waals surface area contributed by atoms with Gasteiger partial charge in [-0.1, -0.05) is 279 Å². The van der Waals surface area contributed by atoms with Crippen molar-refractivity contribution in [2.75, 3.05) is 0 Å². The van der Waals surface area contributed by atoms with Crippen LogP contribution in [-0.2, 0) is 69.4 Å². The molecule has 10 rings (SSSR count). The minimum atomic E-state index is -0.294. The van der Waals surface area contributed by atoms with Crippen molar-refractivity contribution < 1.29 is 56.5 Å². The number of ether oxygens (including phenoxy) is 4. The molecule has 0 saturated heterocycles. The minimum Gasteiger partial charge on any atom is -0.472 e. The van der Waals surface area contributed by atoms with E-state index >= 15 is 0 Å². The maximum absolute atomic E-state index is 11.2. The highest BCUT2D eigenvalue weighted by atomic mass is 16.6. The summed E-state index contributed by atoms with van der Waals surface area (Å²) in [5.74, 6) is -0.0997. The predicted octanol–water partition coefficient (Wildman–Crippen LogP) is 24.1. The highest BCUT2D eigenvalue weighted by molar-refractivity contribution is 5.98. The highest BCUT2D eigenvalue weighted by Gasteiger charge is 2.35. The SMILES string of the molecule is C.C.C.C.CC(C)(C)C1=CC(=O)CC1.CC(C)(C)C1=CCCC1=O.CC(C)(C)c1ccc(=O)oc1.CC(C)(C)c1ccccc1.CC(C)(C)c1ccnnc1.CC(C)(C)c1ccoc1.C[C@@H]1C=C(C(C)(C)C)C(=O)O1.C[C@@H]1OC(=O)C=C1C(C)(C)C.C[C@H]1C=C(C(C)(C)C)C(=O)O1.C[C@H]1OC(=O)C=C1C(C)(C)C. The second kappa shape index (κ2) is 44.1. The van der Waals surface area contributed by atoms with Crippen LogP contribution in [0.15, 0.2) is 169 Å². The molecule has 7 heterocycles. The number of Topliss-reactive ketones (excluding diaryl/α,β-unsaturated/α-hetero) is 1. The van der Waals surface area contributed by atoms with Gasteiger partial charge in [-0.3, -0.25) is 9.59 Å². The molecule has 4 atom stereocenters. The third-order valence-electron chi connectivity index (χ3n) is 17.0. The van der Waals surface area contributed by atoms with Gasteiger partial charge in [-0.05, 0) is 170 Å². The molecular weight excluding hydrogens is 1350 g/mol. The van der Waals surface area contributed by atoms with E-state index in [1.54, 1.807) is 49.2 Å². The van der Waals surface area contributed by atoms with Gasteiger partial charge in [0.1, 0.15) is 24.4 Å². The topological polar surface area (TPSA) is 208 Å². The molecule has 15 heteroatoms. The fourth-order valence-electron chi connectivity index (χ4n) is 10.6. The molecule has 0 radical (unpaired) electrons. The minimum absolute atomic E-state index is 0. The molecule has 610 valence electrons. The number of rotatable bonds is 0. The van der Waals surface area contributed by atoms with Crippen LogP contribution in [0.3, 0.4) is 0 Å². The molecule has 2 aliphatic carbocycles. The smallest absolute Gasteiger partial charge is 0.335 e. The van der Waals surface area contributed by atoms with E-state index in [2.05, 4.69) is 213 Å². The van der Waals surface area contributed by atoms with E-state index < -0.39 is 0 Å². The molecule has 1 aromatic carbocycles. The number of hydrogen-bond acceptors (Lipinski definition) is 15. The summed E-state index contributed by atoms with van der Waals surface area (Å²) < 4.78 is 29.5. The summed E-state index contributed by atoms with van der Waals surface area (Å²) in [7, 11) is 0. The number of cyclic esters (lactones) is 4. The van der Waals surface area contributed by atoms with Crippen molar-refractivity contribution in [3.63, 3.8) is 0 Å². The summed E-state index contributed by atoms with van der Waals surface area (Å²) in [5.41, 5.74) is 11.7.